The second-order valence-electron chi connectivity index (χ2n) is 7.07. The average Bonchev–Trinajstić information content (AvgIpc) is 3.09. The van der Waals surface area contributed by atoms with E-state index in [9.17, 15) is 18.0 Å². The summed E-state index contributed by atoms with van der Waals surface area (Å²) in [6.45, 7) is 3.26. The predicted octanol–water partition coefficient (Wildman–Crippen LogP) is 1.68. The first kappa shape index (κ1) is 23.8. The Balaban J connectivity index is 2.17. The smallest absolute Gasteiger partial charge is 0.342 e. The Morgan fingerprint density at radius 3 is 2.30 bits per heavy atom. The van der Waals surface area contributed by atoms with E-state index in [4.69, 9.17) is 18.9 Å². The lowest BCUT2D eigenvalue weighted by Gasteiger charge is -2.33. The first-order valence-electron chi connectivity index (χ1n) is 9.66. The maximum absolute atomic E-state index is 12.8. The van der Waals surface area contributed by atoms with Crippen molar-refractivity contribution in [3.63, 3.8) is 0 Å². The molecule has 2 atom stereocenters. The van der Waals surface area contributed by atoms with E-state index in [2.05, 4.69) is 0 Å². The topological polar surface area (TPSA) is 108 Å². The second-order valence-corrected chi connectivity index (χ2v) is 9.30. The quantitative estimate of drug-likeness (QED) is 0.531. The van der Waals surface area contributed by atoms with Gasteiger partial charge in [-0.25, -0.2) is 13.2 Å². The van der Waals surface area contributed by atoms with Crippen molar-refractivity contribution < 1.29 is 37.0 Å². The molecule has 0 spiro atoms. The third-order valence-corrected chi connectivity index (χ3v) is 6.96. The highest BCUT2D eigenvalue weighted by Gasteiger charge is 2.37. The normalized spacial score (nSPS) is 18.4. The monoisotopic (exact) mass is 443 g/mol. The van der Waals surface area contributed by atoms with Crippen LogP contribution >= 0.6 is 0 Å². The Morgan fingerprint density at radius 1 is 1.13 bits per heavy atom. The third kappa shape index (κ3) is 5.16. The van der Waals surface area contributed by atoms with Gasteiger partial charge in [0.05, 0.1) is 32.8 Å². The molecule has 2 rings (SSSR count). The SMILES string of the molecule is CCC(C)N(C(=O)COC(=O)c1ccc(OC)c(OC)c1OC)C1CCS(=O)(=O)C1. The third-order valence-electron chi connectivity index (χ3n) is 5.21. The summed E-state index contributed by atoms with van der Waals surface area (Å²) in [5.74, 6) is -0.454. The maximum Gasteiger partial charge on any atom is 0.342 e. The van der Waals surface area contributed by atoms with Crippen molar-refractivity contribution in [1.29, 1.82) is 0 Å². The standard InChI is InChI=1S/C20H29NO8S/c1-6-13(2)21(14-9-10-30(24,25)12-14)17(22)11-29-20(23)15-7-8-16(26-3)19(28-5)18(15)27-4/h7-8,13-14H,6,9-12H2,1-5H3. The van der Waals surface area contributed by atoms with E-state index in [0.29, 0.717) is 18.6 Å². The molecule has 0 saturated carbocycles. The number of sulfone groups is 1. The van der Waals surface area contributed by atoms with Crippen LogP contribution in [0.5, 0.6) is 17.2 Å². The largest absolute Gasteiger partial charge is 0.493 e. The van der Waals surface area contributed by atoms with Crippen LogP contribution < -0.4 is 14.2 Å². The summed E-state index contributed by atoms with van der Waals surface area (Å²) in [6.07, 6.45) is 1.04. The average molecular weight is 444 g/mol. The summed E-state index contributed by atoms with van der Waals surface area (Å²) >= 11 is 0. The molecule has 0 bridgehead atoms. The molecule has 1 aromatic rings. The van der Waals surface area contributed by atoms with Gasteiger partial charge in [-0.15, -0.1) is 0 Å². The molecule has 1 saturated heterocycles. The molecule has 1 aromatic carbocycles. The van der Waals surface area contributed by atoms with Gasteiger partial charge in [0.25, 0.3) is 5.91 Å². The zero-order valence-electron chi connectivity index (χ0n) is 18.0. The van der Waals surface area contributed by atoms with Gasteiger partial charge >= 0.3 is 5.97 Å². The Labute approximate surface area is 177 Å². The lowest BCUT2D eigenvalue weighted by Crippen LogP contribution is -2.48. The molecule has 30 heavy (non-hydrogen) atoms. The van der Waals surface area contributed by atoms with Crippen molar-refractivity contribution in [2.75, 3.05) is 39.4 Å². The van der Waals surface area contributed by atoms with Crippen LogP contribution in [0.15, 0.2) is 12.1 Å². The van der Waals surface area contributed by atoms with Gasteiger partial charge in [-0.1, -0.05) is 6.92 Å². The molecular weight excluding hydrogens is 414 g/mol. The molecule has 0 N–H and O–H groups in total. The molecule has 168 valence electrons. The number of hydrogen-bond acceptors (Lipinski definition) is 8. The highest BCUT2D eigenvalue weighted by atomic mass is 32.2. The maximum atomic E-state index is 12.8. The van der Waals surface area contributed by atoms with Crippen LogP contribution in [0, 0.1) is 0 Å². The first-order valence-corrected chi connectivity index (χ1v) is 11.5. The summed E-state index contributed by atoms with van der Waals surface area (Å²) in [7, 11) is 1.10. The van der Waals surface area contributed by atoms with Crippen molar-refractivity contribution >= 4 is 21.7 Å². The van der Waals surface area contributed by atoms with Gasteiger partial charge in [0, 0.05) is 12.1 Å². The van der Waals surface area contributed by atoms with Crippen molar-refractivity contribution in [3.05, 3.63) is 17.7 Å². The number of amides is 1. The fourth-order valence-electron chi connectivity index (χ4n) is 3.54. The summed E-state index contributed by atoms with van der Waals surface area (Å²) in [5, 5.41) is 0. The molecule has 0 aliphatic carbocycles. The number of methoxy groups -OCH3 is 3. The van der Waals surface area contributed by atoms with E-state index >= 15 is 0 Å². The van der Waals surface area contributed by atoms with Crippen LogP contribution in [0.2, 0.25) is 0 Å². The molecule has 9 nitrogen and oxygen atoms in total. The molecule has 0 aromatic heterocycles. The van der Waals surface area contributed by atoms with Crippen molar-refractivity contribution in [2.45, 2.75) is 38.8 Å². The highest BCUT2D eigenvalue weighted by Crippen LogP contribution is 2.40. The zero-order valence-corrected chi connectivity index (χ0v) is 18.8. The lowest BCUT2D eigenvalue weighted by molar-refractivity contribution is -0.138. The van der Waals surface area contributed by atoms with E-state index in [1.165, 1.54) is 38.4 Å². The van der Waals surface area contributed by atoms with Gasteiger partial charge in [-0.05, 0) is 31.9 Å². The number of esters is 1. The number of benzene rings is 1. The van der Waals surface area contributed by atoms with Gasteiger partial charge in [0.15, 0.2) is 27.9 Å². The Hall–Kier alpha value is -2.49. The number of rotatable bonds is 9. The molecule has 1 aliphatic heterocycles. The van der Waals surface area contributed by atoms with Gasteiger partial charge in [-0.2, -0.15) is 0 Å². The number of hydrogen-bond donors (Lipinski definition) is 0. The molecule has 1 aliphatic rings. The highest BCUT2D eigenvalue weighted by molar-refractivity contribution is 7.91. The minimum Gasteiger partial charge on any atom is -0.493 e. The molecule has 1 fully saturated rings. The summed E-state index contributed by atoms with van der Waals surface area (Å²) in [5.41, 5.74) is 0.0847. The number of carbonyl (C=O) groups is 2. The number of carbonyl (C=O) groups excluding carboxylic acids is 2. The number of nitrogens with zero attached hydrogens (tertiary/aromatic N) is 1. The first-order chi connectivity index (χ1) is 14.2. The fraction of sp³-hybridized carbons (Fsp3) is 0.600. The Kier molecular flexibility index (Phi) is 7.94. The summed E-state index contributed by atoms with van der Waals surface area (Å²) < 4.78 is 44.7. The van der Waals surface area contributed by atoms with Crippen molar-refractivity contribution in [1.82, 2.24) is 4.90 Å². The van der Waals surface area contributed by atoms with E-state index in [1.807, 2.05) is 13.8 Å². The molecule has 1 heterocycles. The van der Waals surface area contributed by atoms with Crippen LogP contribution in [0.4, 0.5) is 0 Å². The lowest BCUT2D eigenvalue weighted by atomic mass is 10.1. The minimum atomic E-state index is -3.16. The van der Waals surface area contributed by atoms with Crippen LogP contribution in [-0.4, -0.2) is 76.7 Å². The fourth-order valence-corrected chi connectivity index (χ4v) is 5.25. The van der Waals surface area contributed by atoms with Gasteiger partial charge in [0.2, 0.25) is 5.75 Å². The van der Waals surface area contributed by atoms with Crippen LogP contribution in [0.25, 0.3) is 0 Å². The summed E-state index contributed by atoms with van der Waals surface area (Å²) in [4.78, 5) is 27.0. The molecule has 1 amide bonds. The number of ether oxygens (including phenoxy) is 4. The molecule has 0 radical (unpaired) electrons. The molecule has 10 heteroatoms. The van der Waals surface area contributed by atoms with E-state index in [1.54, 1.807) is 0 Å². The van der Waals surface area contributed by atoms with Crippen LogP contribution in [-0.2, 0) is 19.4 Å². The predicted molar refractivity (Wildman–Crippen MR) is 110 cm³/mol. The van der Waals surface area contributed by atoms with E-state index in [-0.39, 0.29) is 34.6 Å². The molecule has 2 unspecified atom stereocenters. The second kappa shape index (κ2) is 10.0. The Bertz CT molecular complexity index is 883. The zero-order chi connectivity index (χ0) is 22.5. The van der Waals surface area contributed by atoms with Gasteiger partial charge < -0.3 is 23.8 Å². The van der Waals surface area contributed by atoms with Gasteiger partial charge in [0.1, 0.15) is 5.56 Å². The van der Waals surface area contributed by atoms with Crippen molar-refractivity contribution in [2.24, 2.45) is 0 Å². The van der Waals surface area contributed by atoms with Crippen LogP contribution in [0.3, 0.4) is 0 Å². The van der Waals surface area contributed by atoms with E-state index in [0.717, 1.165) is 0 Å². The minimum absolute atomic E-state index is 0.0561. The Morgan fingerprint density at radius 2 is 1.80 bits per heavy atom. The molecular formula is C20H29NO8S. The van der Waals surface area contributed by atoms with E-state index < -0.39 is 34.4 Å². The van der Waals surface area contributed by atoms with Crippen molar-refractivity contribution in [3.8, 4) is 17.2 Å². The van der Waals surface area contributed by atoms with Gasteiger partial charge in [-0.3, -0.25) is 4.79 Å². The summed E-state index contributed by atoms with van der Waals surface area (Å²) in [6, 6.07) is 2.41. The van der Waals surface area contributed by atoms with Crippen LogP contribution in [0.1, 0.15) is 37.0 Å².